The summed E-state index contributed by atoms with van der Waals surface area (Å²) in [6.07, 6.45) is 2.57. The highest BCUT2D eigenvalue weighted by molar-refractivity contribution is 6.00. The molecule has 1 aliphatic heterocycles. The number of nitriles is 1. The van der Waals surface area contributed by atoms with E-state index in [0.717, 1.165) is 0 Å². The summed E-state index contributed by atoms with van der Waals surface area (Å²) in [4.78, 5) is 36.3. The van der Waals surface area contributed by atoms with E-state index in [9.17, 15) is 19.7 Å². The summed E-state index contributed by atoms with van der Waals surface area (Å²) in [6, 6.07) is 7.52. The molecule has 1 aliphatic rings. The highest BCUT2D eigenvalue weighted by atomic mass is 16.6. The van der Waals surface area contributed by atoms with Crippen LogP contribution in [0.25, 0.3) is 0 Å². The van der Waals surface area contributed by atoms with Crippen LogP contribution in [0.2, 0.25) is 0 Å². The van der Waals surface area contributed by atoms with Crippen molar-refractivity contribution in [2.45, 2.75) is 26.7 Å². The Morgan fingerprint density at radius 2 is 1.87 bits per heavy atom. The third-order valence-electron chi connectivity index (χ3n) is 4.32. The lowest BCUT2D eigenvalue weighted by Gasteiger charge is -2.30. The first-order chi connectivity index (χ1) is 14.3. The van der Waals surface area contributed by atoms with Gasteiger partial charge in [-0.3, -0.25) is 10.1 Å². The van der Waals surface area contributed by atoms with Gasteiger partial charge in [0.1, 0.15) is 0 Å². The molecule has 9 nitrogen and oxygen atoms in total. The van der Waals surface area contributed by atoms with Crippen molar-refractivity contribution in [3.8, 4) is 6.07 Å². The topological polar surface area (TPSA) is 132 Å². The maximum absolute atomic E-state index is 12.9. The molecule has 0 spiro atoms. The Hall–Kier alpha value is -3.93. The summed E-state index contributed by atoms with van der Waals surface area (Å²) in [5, 5.41) is 23.2. The second-order valence-corrected chi connectivity index (χ2v) is 6.18. The van der Waals surface area contributed by atoms with Crippen LogP contribution in [0.4, 0.5) is 5.69 Å². The maximum atomic E-state index is 12.9. The Morgan fingerprint density at radius 3 is 2.43 bits per heavy atom. The van der Waals surface area contributed by atoms with Gasteiger partial charge in [-0.25, -0.2) is 9.59 Å². The van der Waals surface area contributed by atoms with Gasteiger partial charge in [0.05, 0.1) is 47.0 Å². The van der Waals surface area contributed by atoms with Crippen LogP contribution < -0.4 is 5.32 Å². The first-order valence-electron chi connectivity index (χ1n) is 9.22. The number of esters is 2. The number of ether oxygens (including phenoxy) is 2. The van der Waals surface area contributed by atoms with Gasteiger partial charge in [0.2, 0.25) is 0 Å². The fourth-order valence-electron chi connectivity index (χ4n) is 3.17. The van der Waals surface area contributed by atoms with Crippen molar-refractivity contribution < 1.29 is 24.0 Å². The average molecular weight is 411 g/mol. The first kappa shape index (κ1) is 22.4. The molecule has 156 valence electrons. The Morgan fingerprint density at radius 1 is 1.23 bits per heavy atom. The molecule has 30 heavy (non-hydrogen) atoms. The van der Waals surface area contributed by atoms with Crippen molar-refractivity contribution in [2.75, 3.05) is 13.2 Å². The number of carbonyl (C=O) groups is 2. The Kier molecular flexibility index (Phi) is 7.47. The number of nitrogens with one attached hydrogen (secondary N) is 1. The lowest BCUT2D eigenvalue weighted by atomic mass is 9.80. The summed E-state index contributed by atoms with van der Waals surface area (Å²) >= 11 is 0. The number of nitro groups is 1. The maximum Gasteiger partial charge on any atom is 0.337 e. The van der Waals surface area contributed by atoms with E-state index in [1.54, 1.807) is 26.8 Å². The lowest BCUT2D eigenvalue weighted by Crippen LogP contribution is -2.33. The van der Waals surface area contributed by atoms with Crippen LogP contribution in [0.3, 0.4) is 0 Å². The van der Waals surface area contributed by atoms with Gasteiger partial charge in [-0.15, -0.1) is 0 Å². The molecule has 0 aromatic heterocycles. The van der Waals surface area contributed by atoms with E-state index in [1.165, 1.54) is 30.4 Å². The fourth-order valence-corrected chi connectivity index (χ4v) is 3.17. The largest absolute Gasteiger partial charge is 0.463 e. The first-order valence-corrected chi connectivity index (χ1v) is 9.22. The molecule has 2 rings (SSSR count). The lowest BCUT2D eigenvalue weighted by molar-refractivity contribution is -0.384. The predicted octanol–water partition coefficient (Wildman–Crippen LogP) is 3.02. The van der Waals surface area contributed by atoms with Crippen molar-refractivity contribution in [3.63, 3.8) is 0 Å². The molecule has 1 unspecified atom stereocenters. The van der Waals surface area contributed by atoms with Crippen molar-refractivity contribution in [3.05, 3.63) is 74.6 Å². The zero-order chi connectivity index (χ0) is 22.3. The minimum atomic E-state index is -0.984. The molecular formula is C21H21N3O6. The van der Waals surface area contributed by atoms with Crippen LogP contribution in [0.15, 0.2) is 59.0 Å². The van der Waals surface area contributed by atoms with Gasteiger partial charge >= 0.3 is 11.9 Å². The predicted molar refractivity (Wildman–Crippen MR) is 107 cm³/mol. The van der Waals surface area contributed by atoms with Gasteiger partial charge in [-0.05, 0) is 32.4 Å². The zero-order valence-electron chi connectivity index (χ0n) is 16.8. The number of carbonyl (C=O) groups excluding carboxylic acids is 2. The minimum absolute atomic E-state index is 0.0532. The van der Waals surface area contributed by atoms with Crippen molar-refractivity contribution >= 4 is 17.6 Å². The molecule has 0 amide bonds. The quantitative estimate of drug-likeness (QED) is 0.313. The van der Waals surface area contributed by atoms with E-state index >= 15 is 0 Å². The van der Waals surface area contributed by atoms with E-state index in [1.807, 2.05) is 6.07 Å². The number of non-ortho nitro benzene ring substituents is 1. The molecule has 1 N–H and O–H groups in total. The molecule has 1 atom stereocenters. The number of benzene rings is 1. The molecule has 0 saturated carbocycles. The van der Waals surface area contributed by atoms with E-state index in [4.69, 9.17) is 14.7 Å². The zero-order valence-corrected chi connectivity index (χ0v) is 16.8. The van der Waals surface area contributed by atoms with Gasteiger partial charge in [0, 0.05) is 23.9 Å². The molecular weight excluding hydrogens is 390 g/mol. The Bertz CT molecular complexity index is 1000. The van der Waals surface area contributed by atoms with Crippen LogP contribution in [0, 0.1) is 21.4 Å². The summed E-state index contributed by atoms with van der Waals surface area (Å²) in [6.45, 7) is 5.09. The van der Waals surface area contributed by atoms with E-state index < -0.39 is 22.8 Å². The van der Waals surface area contributed by atoms with Gasteiger partial charge in [0.15, 0.2) is 0 Å². The number of hydrogen-bond acceptors (Lipinski definition) is 8. The highest BCUT2D eigenvalue weighted by Gasteiger charge is 2.38. The molecule has 1 aromatic rings. The van der Waals surface area contributed by atoms with Gasteiger partial charge in [-0.2, -0.15) is 5.26 Å². The Balaban J connectivity index is 2.80. The third kappa shape index (κ3) is 4.72. The third-order valence-corrected chi connectivity index (χ3v) is 4.32. The standard InChI is InChI=1S/C21H21N3O6/c1-4-29-20(25)17-13(3)23-16(10-7-11-22)19(21(26)30-5-2)18(17)14-8-6-9-15(12-14)24(27)28/h6-10,12,18,23H,4-5H2,1-3H3/b10-7+. The van der Waals surface area contributed by atoms with Crippen LogP contribution >= 0.6 is 0 Å². The second kappa shape index (κ2) is 10.0. The van der Waals surface area contributed by atoms with E-state index in [2.05, 4.69) is 5.32 Å². The molecule has 0 bridgehead atoms. The molecule has 1 heterocycles. The second-order valence-electron chi connectivity index (χ2n) is 6.18. The van der Waals surface area contributed by atoms with E-state index in [-0.39, 0.29) is 35.7 Å². The normalized spacial score (nSPS) is 16.1. The van der Waals surface area contributed by atoms with Gasteiger partial charge < -0.3 is 14.8 Å². The summed E-state index contributed by atoms with van der Waals surface area (Å²) < 4.78 is 10.4. The molecule has 0 aliphatic carbocycles. The van der Waals surface area contributed by atoms with Crippen molar-refractivity contribution in [1.29, 1.82) is 5.26 Å². The summed E-state index contributed by atoms with van der Waals surface area (Å²) in [5.41, 5.74) is 1.00. The van der Waals surface area contributed by atoms with Gasteiger partial charge in [-0.1, -0.05) is 12.1 Å². The SMILES string of the molecule is CCOC(=O)C1=C(C)NC(/C=C/C#N)=C(C(=O)OCC)C1c1cccc([N+](=O)[O-])c1. The van der Waals surface area contributed by atoms with Crippen LogP contribution in [-0.2, 0) is 19.1 Å². The molecule has 0 radical (unpaired) electrons. The highest BCUT2D eigenvalue weighted by Crippen LogP contribution is 2.40. The molecule has 9 heteroatoms. The van der Waals surface area contributed by atoms with Crippen LogP contribution in [0.5, 0.6) is 0 Å². The van der Waals surface area contributed by atoms with Crippen LogP contribution in [0.1, 0.15) is 32.3 Å². The minimum Gasteiger partial charge on any atom is -0.463 e. The fraction of sp³-hybridized carbons (Fsp3) is 0.286. The van der Waals surface area contributed by atoms with Crippen molar-refractivity contribution in [2.24, 2.45) is 0 Å². The number of hydrogen-bond donors (Lipinski definition) is 1. The number of nitro benzene ring substituents is 1. The number of dihydropyridines is 1. The average Bonchev–Trinajstić information content (AvgIpc) is 2.71. The molecule has 0 saturated heterocycles. The molecule has 0 fully saturated rings. The monoisotopic (exact) mass is 411 g/mol. The number of rotatable bonds is 7. The van der Waals surface area contributed by atoms with Gasteiger partial charge in [0.25, 0.3) is 5.69 Å². The number of nitrogens with zero attached hydrogens (tertiary/aromatic N) is 2. The summed E-state index contributed by atoms with van der Waals surface area (Å²) in [7, 11) is 0. The summed E-state index contributed by atoms with van der Waals surface area (Å²) in [5.74, 6) is -2.36. The Labute approximate surface area is 173 Å². The molecule has 1 aromatic carbocycles. The smallest absolute Gasteiger partial charge is 0.337 e. The van der Waals surface area contributed by atoms with E-state index in [0.29, 0.717) is 11.3 Å². The number of allylic oxidation sites excluding steroid dienone is 3. The van der Waals surface area contributed by atoms with Crippen LogP contribution in [-0.4, -0.2) is 30.1 Å². The van der Waals surface area contributed by atoms with Crippen molar-refractivity contribution in [1.82, 2.24) is 5.32 Å².